The molecule has 2 aliphatic heterocycles. The molecular weight excluding hydrogens is 652 g/mol. The van der Waals surface area contributed by atoms with Crippen molar-refractivity contribution >= 4 is 58.2 Å². The molecule has 266 valence electrons. The Hall–Kier alpha value is -5.74. The van der Waals surface area contributed by atoms with E-state index in [2.05, 4.69) is 10.6 Å². The standard InChI is InChI=1S/C34H40N6O10/c1-19(33(45)35-21-15-27(49-7)23(17-25(21)47-5)39-29(41)9-10-30(39)42)37(3)13-14-38(4)20(2)34(46)36-22-16-28(50-8)24(18-26(22)48-6)40-31(43)11-12-32(40)44/h9-12,15-20H,13-14H2,1-8H3,(H,35,45)(H,36,46)/t19-,20-/m0/s1. The minimum absolute atomic E-state index is 0.177. The molecular formula is C34H40N6O10. The number of amides is 6. The molecule has 4 rings (SSSR count). The SMILES string of the molecule is COc1cc(N2C(=O)C=CC2=O)c(OC)cc1NC(=O)[C@H](C)N(C)CCN(C)[C@@H](C)C(=O)Nc1cc(OC)c(N2C(=O)C=CC2=O)cc1OC. The van der Waals surface area contributed by atoms with E-state index < -0.39 is 35.7 Å². The maximum absolute atomic E-state index is 13.3. The predicted octanol–water partition coefficient (Wildman–Crippen LogP) is 1.80. The van der Waals surface area contributed by atoms with Gasteiger partial charge in [-0.15, -0.1) is 0 Å². The third-order valence-electron chi connectivity index (χ3n) is 8.50. The quantitative estimate of drug-likeness (QED) is 0.259. The Morgan fingerprint density at radius 3 is 1.16 bits per heavy atom. The highest BCUT2D eigenvalue weighted by Gasteiger charge is 2.32. The van der Waals surface area contributed by atoms with Gasteiger partial charge in [-0.05, 0) is 27.9 Å². The lowest BCUT2D eigenvalue weighted by atomic mass is 10.2. The van der Waals surface area contributed by atoms with Crippen molar-refractivity contribution in [3.05, 3.63) is 48.6 Å². The number of carbonyl (C=O) groups excluding carboxylic acids is 6. The van der Waals surface area contributed by atoms with Crippen molar-refractivity contribution in [2.45, 2.75) is 25.9 Å². The van der Waals surface area contributed by atoms with E-state index in [0.717, 1.165) is 34.1 Å². The van der Waals surface area contributed by atoms with Crippen LogP contribution in [0.4, 0.5) is 22.7 Å². The molecule has 0 saturated heterocycles. The van der Waals surface area contributed by atoms with Crippen LogP contribution in [0.3, 0.4) is 0 Å². The average molecular weight is 693 g/mol. The molecule has 2 atom stereocenters. The monoisotopic (exact) mass is 692 g/mol. The van der Waals surface area contributed by atoms with Crippen molar-refractivity contribution in [1.29, 1.82) is 0 Å². The molecule has 2 heterocycles. The number of likely N-dealkylation sites (N-methyl/N-ethyl adjacent to an activating group) is 2. The number of imide groups is 2. The molecule has 0 radical (unpaired) electrons. The third kappa shape index (κ3) is 7.61. The Kier molecular flexibility index (Phi) is 11.6. The summed E-state index contributed by atoms with van der Waals surface area (Å²) in [5.41, 5.74) is 0.915. The van der Waals surface area contributed by atoms with Crippen LogP contribution in [0.25, 0.3) is 0 Å². The number of hydrogen-bond acceptors (Lipinski definition) is 12. The van der Waals surface area contributed by atoms with Crippen molar-refractivity contribution in [3.63, 3.8) is 0 Å². The van der Waals surface area contributed by atoms with Crippen LogP contribution in [0.15, 0.2) is 48.6 Å². The minimum Gasteiger partial charge on any atom is -0.494 e. The fourth-order valence-corrected chi connectivity index (χ4v) is 5.16. The average Bonchev–Trinajstić information content (AvgIpc) is 3.63. The van der Waals surface area contributed by atoms with Crippen molar-refractivity contribution < 1.29 is 47.7 Å². The number of carbonyl (C=O) groups is 6. The number of ether oxygens (including phenoxy) is 4. The second kappa shape index (κ2) is 15.7. The van der Waals surface area contributed by atoms with E-state index >= 15 is 0 Å². The summed E-state index contributed by atoms with van der Waals surface area (Å²) in [5.74, 6) is -2.03. The zero-order chi connectivity index (χ0) is 36.9. The zero-order valence-electron chi connectivity index (χ0n) is 29.1. The normalized spacial score (nSPS) is 15.2. The van der Waals surface area contributed by atoms with Crippen LogP contribution in [0, 0.1) is 0 Å². The highest BCUT2D eigenvalue weighted by atomic mass is 16.5. The van der Waals surface area contributed by atoms with Crippen LogP contribution in [0.2, 0.25) is 0 Å². The van der Waals surface area contributed by atoms with Gasteiger partial charge in [0.15, 0.2) is 0 Å². The molecule has 2 aromatic rings. The Labute approximate surface area is 289 Å². The number of rotatable bonds is 15. The van der Waals surface area contributed by atoms with Crippen LogP contribution in [0.5, 0.6) is 23.0 Å². The van der Waals surface area contributed by atoms with Crippen molar-refractivity contribution in [3.8, 4) is 23.0 Å². The lowest BCUT2D eigenvalue weighted by Gasteiger charge is -2.29. The van der Waals surface area contributed by atoms with Crippen LogP contribution in [0.1, 0.15) is 13.8 Å². The summed E-state index contributed by atoms with van der Waals surface area (Å²) in [6.45, 7) is 4.26. The number of anilines is 4. The third-order valence-corrected chi connectivity index (χ3v) is 8.50. The largest absolute Gasteiger partial charge is 0.494 e. The first-order valence-electron chi connectivity index (χ1n) is 15.4. The van der Waals surface area contributed by atoms with Gasteiger partial charge in [-0.3, -0.25) is 38.6 Å². The van der Waals surface area contributed by atoms with Crippen molar-refractivity contribution in [2.75, 3.05) is 76.1 Å². The van der Waals surface area contributed by atoms with Crippen LogP contribution >= 0.6 is 0 Å². The van der Waals surface area contributed by atoms with Gasteiger partial charge in [-0.25, -0.2) is 9.80 Å². The summed E-state index contributed by atoms with van der Waals surface area (Å²) >= 11 is 0. The summed E-state index contributed by atoms with van der Waals surface area (Å²) in [5, 5.41) is 5.65. The van der Waals surface area contributed by atoms with E-state index in [4.69, 9.17) is 18.9 Å². The summed E-state index contributed by atoms with van der Waals surface area (Å²) in [6.07, 6.45) is 4.62. The maximum Gasteiger partial charge on any atom is 0.258 e. The molecule has 0 spiro atoms. The predicted molar refractivity (Wildman–Crippen MR) is 184 cm³/mol. The van der Waals surface area contributed by atoms with Crippen LogP contribution in [-0.4, -0.2) is 113 Å². The Morgan fingerprint density at radius 2 is 0.880 bits per heavy atom. The summed E-state index contributed by atoms with van der Waals surface area (Å²) in [4.78, 5) is 81.1. The molecule has 6 amide bonds. The topological polar surface area (TPSA) is 176 Å². The molecule has 2 aliphatic rings. The van der Waals surface area contributed by atoms with Gasteiger partial charge in [0.2, 0.25) is 11.8 Å². The number of nitrogens with one attached hydrogen (secondary N) is 2. The highest BCUT2D eigenvalue weighted by Crippen LogP contribution is 2.41. The van der Waals surface area contributed by atoms with E-state index in [1.54, 1.807) is 27.9 Å². The van der Waals surface area contributed by atoms with Gasteiger partial charge in [0.1, 0.15) is 23.0 Å². The van der Waals surface area contributed by atoms with Gasteiger partial charge in [0.25, 0.3) is 23.6 Å². The van der Waals surface area contributed by atoms with Crippen LogP contribution < -0.4 is 39.4 Å². The lowest BCUT2D eigenvalue weighted by molar-refractivity contribution is -0.122. The lowest BCUT2D eigenvalue weighted by Crippen LogP contribution is -2.46. The minimum atomic E-state index is -0.617. The van der Waals surface area contributed by atoms with E-state index in [-0.39, 0.29) is 57.6 Å². The number of hydrogen-bond donors (Lipinski definition) is 2. The number of methoxy groups -OCH3 is 4. The Morgan fingerprint density at radius 1 is 0.580 bits per heavy atom. The molecule has 2 aromatic carbocycles. The maximum atomic E-state index is 13.3. The summed E-state index contributed by atoms with van der Waals surface area (Å²) in [7, 11) is 9.09. The van der Waals surface area contributed by atoms with E-state index in [1.165, 1.54) is 52.7 Å². The zero-order valence-corrected chi connectivity index (χ0v) is 29.1. The summed E-state index contributed by atoms with van der Waals surface area (Å²) < 4.78 is 21.7. The first-order chi connectivity index (χ1) is 23.8. The highest BCUT2D eigenvalue weighted by molar-refractivity contribution is 6.29. The molecule has 2 N–H and O–H groups in total. The molecule has 16 nitrogen and oxygen atoms in total. The first-order valence-corrected chi connectivity index (χ1v) is 15.4. The second-order valence-electron chi connectivity index (χ2n) is 11.4. The van der Waals surface area contributed by atoms with Crippen molar-refractivity contribution in [2.24, 2.45) is 0 Å². The van der Waals surface area contributed by atoms with Gasteiger partial charge in [-0.2, -0.15) is 0 Å². The summed E-state index contributed by atoms with van der Waals surface area (Å²) in [6, 6.07) is 4.61. The fourth-order valence-electron chi connectivity index (χ4n) is 5.16. The van der Waals surface area contributed by atoms with Gasteiger partial charge >= 0.3 is 0 Å². The Bertz CT molecular complexity index is 1610. The van der Waals surface area contributed by atoms with Crippen molar-refractivity contribution in [1.82, 2.24) is 9.80 Å². The smallest absolute Gasteiger partial charge is 0.258 e. The van der Waals surface area contributed by atoms with Crippen LogP contribution in [-0.2, 0) is 28.8 Å². The number of nitrogens with zero attached hydrogens (tertiary/aromatic N) is 4. The van der Waals surface area contributed by atoms with Gasteiger partial charge in [0, 0.05) is 61.7 Å². The first kappa shape index (κ1) is 37.1. The molecule has 0 unspecified atom stereocenters. The molecule has 16 heteroatoms. The molecule has 0 aliphatic carbocycles. The van der Waals surface area contributed by atoms with E-state index in [0.29, 0.717) is 13.1 Å². The number of benzene rings is 2. The second-order valence-corrected chi connectivity index (χ2v) is 11.4. The molecule has 0 bridgehead atoms. The molecule has 50 heavy (non-hydrogen) atoms. The molecule has 0 fully saturated rings. The van der Waals surface area contributed by atoms with Gasteiger partial charge in [-0.1, -0.05) is 0 Å². The fraction of sp³-hybridized carbons (Fsp3) is 0.353. The molecule has 0 saturated carbocycles. The van der Waals surface area contributed by atoms with Gasteiger partial charge < -0.3 is 29.6 Å². The van der Waals surface area contributed by atoms with E-state index in [9.17, 15) is 28.8 Å². The Balaban J connectivity index is 1.37. The van der Waals surface area contributed by atoms with E-state index in [1.807, 2.05) is 9.80 Å². The molecule has 0 aromatic heterocycles. The van der Waals surface area contributed by atoms with Gasteiger partial charge in [0.05, 0.1) is 63.3 Å².